The number of aryl methyl sites for hydroxylation is 1. The largest absolute Gasteiger partial charge is 0.496 e. The molecule has 1 aromatic rings. The number of hydrogen-bond donors (Lipinski definition) is 1. The molecule has 0 saturated heterocycles. The Hall–Kier alpha value is -0.670. The molecule has 0 spiro atoms. The Morgan fingerprint density at radius 3 is 2.78 bits per heavy atom. The molecular formula is C15H25NOS. The summed E-state index contributed by atoms with van der Waals surface area (Å²) in [6, 6.07) is 6.26. The van der Waals surface area contributed by atoms with Crippen molar-refractivity contribution in [2.24, 2.45) is 5.73 Å². The van der Waals surface area contributed by atoms with Crippen LogP contribution in [0.5, 0.6) is 5.75 Å². The molecule has 0 aromatic heterocycles. The molecule has 2 nitrogen and oxygen atoms in total. The van der Waals surface area contributed by atoms with Gasteiger partial charge in [-0.15, -0.1) is 0 Å². The molecule has 1 atom stereocenters. The van der Waals surface area contributed by atoms with Crippen LogP contribution in [0.1, 0.15) is 43.4 Å². The molecule has 0 fully saturated rings. The summed E-state index contributed by atoms with van der Waals surface area (Å²) in [5.41, 5.74) is 8.61. The SMILES string of the molecule is CCCCCSCC(N)c1cc(C)ccc1OC. The number of methoxy groups -OCH3 is 1. The maximum atomic E-state index is 6.25. The fourth-order valence-corrected chi connectivity index (χ4v) is 2.91. The average molecular weight is 267 g/mol. The predicted molar refractivity (Wildman–Crippen MR) is 81.5 cm³/mol. The van der Waals surface area contributed by atoms with Gasteiger partial charge < -0.3 is 10.5 Å². The number of unbranched alkanes of at least 4 members (excludes halogenated alkanes) is 2. The second-order valence-electron chi connectivity index (χ2n) is 4.63. The average Bonchev–Trinajstić information content (AvgIpc) is 2.38. The lowest BCUT2D eigenvalue weighted by atomic mass is 10.1. The lowest BCUT2D eigenvalue weighted by molar-refractivity contribution is 0.407. The summed E-state index contributed by atoms with van der Waals surface area (Å²) < 4.78 is 5.38. The number of hydrogen-bond acceptors (Lipinski definition) is 3. The highest BCUT2D eigenvalue weighted by atomic mass is 32.2. The third kappa shape index (κ3) is 4.91. The molecule has 1 unspecified atom stereocenters. The number of nitrogens with two attached hydrogens (primary N) is 1. The van der Waals surface area contributed by atoms with Crippen LogP contribution >= 0.6 is 11.8 Å². The highest BCUT2D eigenvalue weighted by Gasteiger charge is 2.11. The molecule has 18 heavy (non-hydrogen) atoms. The van der Waals surface area contributed by atoms with Crippen LogP contribution in [0.15, 0.2) is 18.2 Å². The Morgan fingerprint density at radius 2 is 2.11 bits per heavy atom. The van der Waals surface area contributed by atoms with Gasteiger partial charge in [0.1, 0.15) is 5.75 Å². The summed E-state index contributed by atoms with van der Waals surface area (Å²) in [6.45, 7) is 4.32. The molecule has 0 aliphatic heterocycles. The molecule has 0 amide bonds. The number of ether oxygens (including phenoxy) is 1. The zero-order valence-corrected chi connectivity index (χ0v) is 12.6. The third-order valence-corrected chi connectivity index (χ3v) is 4.15. The summed E-state index contributed by atoms with van der Waals surface area (Å²) in [5, 5.41) is 0. The van der Waals surface area contributed by atoms with E-state index in [0.717, 1.165) is 17.1 Å². The van der Waals surface area contributed by atoms with Crippen LogP contribution in [0.2, 0.25) is 0 Å². The van der Waals surface area contributed by atoms with Gasteiger partial charge in [0.15, 0.2) is 0 Å². The minimum Gasteiger partial charge on any atom is -0.496 e. The second-order valence-corrected chi connectivity index (χ2v) is 5.78. The lowest BCUT2D eigenvalue weighted by Gasteiger charge is -2.16. The third-order valence-electron chi connectivity index (χ3n) is 2.97. The van der Waals surface area contributed by atoms with Gasteiger partial charge in [-0.25, -0.2) is 0 Å². The molecule has 0 aliphatic carbocycles. The first-order chi connectivity index (χ1) is 8.69. The van der Waals surface area contributed by atoms with E-state index in [1.165, 1.54) is 30.6 Å². The molecule has 3 heteroatoms. The van der Waals surface area contributed by atoms with Gasteiger partial charge in [0.05, 0.1) is 7.11 Å². The standard InChI is InChI=1S/C15H25NOS/c1-4-5-6-9-18-11-14(16)13-10-12(2)7-8-15(13)17-3/h7-8,10,14H,4-6,9,11,16H2,1-3H3. The van der Waals surface area contributed by atoms with E-state index < -0.39 is 0 Å². The highest BCUT2D eigenvalue weighted by Crippen LogP contribution is 2.27. The maximum absolute atomic E-state index is 6.25. The predicted octanol–water partition coefficient (Wildman–Crippen LogP) is 3.93. The van der Waals surface area contributed by atoms with Crippen molar-refractivity contribution in [1.29, 1.82) is 0 Å². The number of rotatable bonds is 8. The van der Waals surface area contributed by atoms with Gasteiger partial charge in [0.25, 0.3) is 0 Å². The Labute approximate surface area is 115 Å². The first-order valence-electron chi connectivity index (χ1n) is 6.67. The molecule has 0 aliphatic rings. The maximum Gasteiger partial charge on any atom is 0.123 e. The first-order valence-corrected chi connectivity index (χ1v) is 7.82. The minimum absolute atomic E-state index is 0.0616. The zero-order valence-electron chi connectivity index (χ0n) is 11.7. The fraction of sp³-hybridized carbons (Fsp3) is 0.600. The molecule has 0 heterocycles. The van der Waals surface area contributed by atoms with Crippen LogP contribution in [0, 0.1) is 6.92 Å². The van der Waals surface area contributed by atoms with Gasteiger partial charge in [0.2, 0.25) is 0 Å². The molecule has 102 valence electrons. The van der Waals surface area contributed by atoms with E-state index >= 15 is 0 Å². The summed E-state index contributed by atoms with van der Waals surface area (Å²) >= 11 is 1.94. The van der Waals surface area contributed by atoms with Gasteiger partial charge >= 0.3 is 0 Å². The summed E-state index contributed by atoms with van der Waals surface area (Å²) in [4.78, 5) is 0. The van der Waals surface area contributed by atoms with Crippen molar-refractivity contribution in [3.05, 3.63) is 29.3 Å². The van der Waals surface area contributed by atoms with Crippen molar-refractivity contribution >= 4 is 11.8 Å². The summed E-state index contributed by atoms with van der Waals surface area (Å²) in [6.07, 6.45) is 3.88. The van der Waals surface area contributed by atoms with Gasteiger partial charge in [-0.3, -0.25) is 0 Å². The van der Waals surface area contributed by atoms with Crippen LogP contribution in [0.25, 0.3) is 0 Å². The normalized spacial score (nSPS) is 12.4. The van der Waals surface area contributed by atoms with Crippen molar-refractivity contribution in [1.82, 2.24) is 0 Å². The van der Waals surface area contributed by atoms with E-state index in [1.807, 2.05) is 17.8 Å². The molecule has 0 saturated carbocycles. The topological polar surface area (TPSA) is 35.2 Å². The molecular weight excluding hydrogens is 242 g/mol. The Balaban J connectivity index is 2.49. The van der Waals surface area contributed by atoms with Crippen molar-refractivity contribution in [3.8, 4) is 5.75 Å². The van der Waals surface area contributed by atoms with Crippen LogP contribution in [0.4, 0.5) is 0 Å². The van der Waals surface area contributed by atoms with Crippen molar-refractivity contribution in [2.75, 3.05) is 18.6 Å². The van der Waals surface area contributed by atoms with Crippen molar-refractivity contribution in [3.63, 3.8) is 0 Å². The Morgan fingerprint density at radius 1 is 1.33 bits per heavy atom. The van der Waals surface area contributed by atoms with Crippen LogP contribution in [0.3, 0.4) is 0 Å². The minimum atomic E-state index is 0.0616. The fourth-order valence-electron chi connectivity index (χ4n) is 1.90. The van der Waals surface area contributed by atoms with E-state index in [2.05, 4.69) is 26.0 Å². The van der Waals surface area contributed by atoms with E-state index in [-0.39, 0.29) is 6.04 Å². The molecule has 1 rings (SSSR count). The van der Waals surface area contributed by atoms with E-state index in [1.54, 1.807) is 7.11 Å². The number of thioether (sulfide) groups is 1. The van der Waals surface area contributed by atoms with Crippen molar-refractivity contribution < 1.29 is 4.74 Å². The van der Waals surface area contributed by atoms with Crippen molar-refractivity contribution in [2.45, 2.75) is 39.2 Å². The van der Waals surface area contributed by atoms with Crippen LogP contribution in [-0.2, 0) is 0 Å². The van der Waals surface area contributed by atoms with Crippen LogP contribution in [-0.4, -0.2) is 18.6 Å². The van der Waals surface area contributed by atoms with Gasteiger partial charge in [-0.1, -0.05) is 37.5 Å². The number of benzene rings is 1. The molecule has 2 N–H and O–H groups in total. The van der Waals surface area contributed by atoms with E-state index in [9.17, 15) is 0 Å². The van der Waals surface area contributed by atoms with Gasteiger partial charge in [-0.2, -0.15) is 11.8 Å². The highest BCUT2D eigenvalue weighted by molar-refractivity contribution is 7.99. The van der Waals surface area contributed by atoms with Gasteiger partial charge in [0, 0.05) is 17.4 Å². The van der Waals surface area contributed by atoms with E-state index in [4.69, 9.17) is 10.5 Å². The second kappa shape index (κ2) is 8.44. The summed E-state index contributed by atoms with van der Waals surface area (Å²) in [5.74, 6) is 3.07. The molecule has 0 bridgehead atoms. The first kappa shape index (κ1) is 15.4. The lowest BCUT2D eigenvalue weighted by Crippen LogP contribution is -2.14. The van der Waals surface area contributed by atoms with Crippen LogP contribution < -0.4 is 10.5 Å². The van der Waals surface area contributed by atoms with E-state index in [0.29, 0.717) is 0 Å². The smallest absolute Gasteiger partial charge is 0.123 e. The zero-order chi connectivity index (χ0) is 13.4. The quantitative estimate of drug-likeness (QED) is 0.725. The molecule has 0 radical (unpaired) electrons. The molecule has 1 aromatic carbocycles. The Bertz CT molecular complexity index is 354. The Kier molecular flexibility index (Phi) is 7.21. The summed E-state index contributed by atoms with van der Waals surface area (Å²) in [7, 11) is 1.70. The monoisotopic (exact) mass is 267 g/mol. The van der Waals surface area contributed by atoms with Gasteiger partial charge in [-0.05, 0) is 25.2 Å².